The van der Waals surface area contributed by atoms with E-state index in [0.29, 0.717) is 0 Å². The third kappa shape index (κ3) is 5.08. The summed E-state index contributed by atoms with van der Waals surface area (Å²) in [5.41, 5.74) is 1.91. The Morgan fingerprint density at radius 2 is 1.94 bits per heavy atom. The van der Waals surface area contributed by atoms with Crippen LogP contribution in [0.25, 0.3) is 0 Å². The van der Waals surface area contributed by atoms with Crippen LogP contribution < -0.4 is 5.32 Å². The lowest BCUT2D eigenvalue weighted by atomic mass is 10.0. The van der Waals surface area contributed by atoms with E-state index in [-0.39, 0.29) is 12.5 Å². The molecule has 17 heavy (non-hydrogen) atoms. The van der Waals surface area contributed by atoms with E-state index in [4.69, 9.17) is 0 Å². The van der Waals surface area contributed by atoms with Gasteiger partial charge in [-0.15, -0.1) is 0 Å². The normalized spacial score (nSPS) is 13.8. The van der Waals surface area contributed by atoms with E-state index in [1.807, 2.05) is 25.1 Å². The summed E-state index contributed by atoms with van der Waals surface area (Å²) in [4.78, 5) is 0. The van der Waals surface area contributed by atoms with Crippen LogP contribution in [0.2, 0.25) is 0 Å². The summed E-state index contributed by atoms with van der Waals surface area (Å²) >= 11 is 3.35. The van der Waals surface area contributed by atoms with E-state index in [9.17, 15) is 13.2 Å². The molecule has 0 heterocycles. The van der Waals surface area contributed by atoms with Crippen molar-refractivity contribution in [3.63, 3.8) is 0 Å². The first-order chi connectivity index (χ1) is 7.81. The van der Waals surface area contributed by atoms with Crippen molar-refractivity contribution in [2.24, 2.45) is 0 Å². The predicted molar refractivity (Wildman–Crippen MR) is 66.0 cm³/mol. The summed E-state index contributed by atoms with van der Waals surface area (Å²) < 4.78 is 37.5. The Hall–Kier alpha value is -0.550. The zero-order valence-electron chi connectivity index (χ0n) is 9.74. The summed E-state index contributed by atoms with van der Waals surface area (Å²) in [6.45, 7) is 1.92. The molecule has 1 aromatic carbocycles. The molecule has 0 saturated heterocycles. The molecule has 0 aromatic heterocycles. The quantitative estimate of drug-likeness (QED) is 0.871. The first-order valence-electron chi connectivity index (χ1n) is 5.33. The Kier molecular flexibility index (Phi) is 5.01. The van der Waals surface area contributed by atoms with Gasteiger partial charge < -0.3 is 5.32 Å². The van der Waals surface area contributed by atoms with Gasteiger partial charge in [0.25, 0.3) is 0 Å². The highest BCUT2D eigenvalue weighted by Crippen LogP contribution is 2.29. The first kappa shape index (κ1) is 14.5. The third-order valence-corrected chi connectivity index (χ3v) is 2.99. The van der Waals surface area contributed by atoms with Crippen LogP contribution >= 0.6 is 15.9 Å². The van der Waals surface area contributed by atoms with Gasteiger partial charge in [0, 0.05) is 16.9 Å². The van der Waals surface area contributed by atoms with Gasteiger partial charge in [-0.2, -0.15) is 13.2 Å². The van der Waals surface area contributed by atoms with Gasteiger partial charge in [-0.3, -0.25) is 0 Å². The molecule has 1 atom stereocenters. The molecular formula is C12H15BrF3N. The molecule has 0 aliphatic rings. The van der Waals surface area contributed by atoms with E-state index in [1.165, 1.54) is 0 Å². The Labute approximate surface area is 108 Å². The average Bonchev–Trinajstić information content (AvgIpc) is 2.15. The highest BCUT2D eigenvalue weighted by Gasteiger charge is 2.28. The molecule has 96 valence electrons. The molecule has 1 N–H and O–H groups in total. The zero-order valence-corrected chi connectivity index (χ0v) is 11.3. The van der Waals surface area contributed by atoms with Crippen LogP contribution in [0.5, 0.6) is 0 Å². The minimum atomic E-state index is -4.10. The largest absolute Gasteiger partial charge is 0.389 e. The fraction of sp³-hybridized carbons (Fsp3) is 0.500. The monoisotopic (exact) mass is 309 g/mol. The molecule has 0 fully saturated rings. The highest BCUT2D eigenvalue weighted by molar-refractivity contribution is 9.10. The number of halogens is 4. The molecule has 0 amide bonds. The van der Waals surface area contributed by atoms with Crippen molar-refractivity contribution in [3.05, 3.63) is 33.8 Å². The molecule has 1 unspecified atom stereocenters. The summed E-state index contributed by atoms with van der Waals surface area (Å²) in [6, 6.07) is 5.42. The molecule has 0 bridgehead atoms. The number of alkyl halides is 3. The van der Waals surface area contributed by atoms with Gasteiger partial charge in [0.1, 0.15) is 0 Å². The van der Waals surface area contributed by atoms with Gasteiger partial charge in [-0.1, -0.05) is 22.0 Å². The molecule has 1 nitrogen and oxygen atoms in total. The molecular weight excluding hydrogens is 295 g/mol. The summed E-state index contributed by atoms with van der Waals surface area (Å²) in [5.74, 6) is 0. The number of aryl methyl sites for hydroxylation is 1. The van der Waals surface area contributed by atoms with Crippen LogP contribution in [0.15, 0.2) is 22.7 Å². The van der Waals surface area contributed by atoms with Crippen molar-refractivity contribution in [2.45, 2.75) is 32.0 Å². The smallest absolute Gasteiger partial charge is 0.313 e. The van der Waals surface area contributed by atoms with Gasteiger partial charge in [0.05, 0.1) is 0 Å². The number of nitrogens with one attached hydrogen (secondary N) is 1. The van der Waals surface area contributed by atoms with Crippen LogP contribution in [0.1, 0.15) is 30.0 Å². The Morgan fingerprint density at radius 1 is 1.29 bits per heavy atom. The van der Waals surface area contributed by atoms with Crippen LogP contribution in [-0.2, 0) is 0 Å². The SMILES string of the molecule is CNC(CCC(F)(F)F)c1cc(C)cc(Br)c1. The molecule has 0 radical (unpaired) electrons. The summed E-state index contributed by atoms with van der Waals surface area (Å²) in [6.07, 6.45) is -4.82. The topological polar surface area (TPSA) is 12.0 Å². The summed E-state index contributed by atoms with van der Waals surface area (Å²) in [7, 11) is 1.68. The van der Waals surface area contributed by atoms with Crippen molar-refractivity contribution in [2.75, 3.05) is 7.05 Å². The number of benzene rings is 1. The maximum absolute atomic E-state index is 12.2. The second-order valence-corrected chi connectivity index (χ2v) is 4.97. The molecule has 0 aliphatic heterocycles. The lowest BCUT2D eigenvalue weighted by molar-refractivity contribution is -0.136. The zero-order chi connectivity index (χ0) is 13.1. The molecule has 5 heteroatoms. The molecule has 0 saturated carbocycles. The fourth-order valence-electron chi connectivity index (χ4n) is 1.75. The van der Waals surface area contributed by atoms with Gasteiger partial charge >= 0.3 is 6.18 Å². The minimum absolute atomic E-state index is 0.0515. The van der Waals surface area contributed by atoms with Crippen LogP contribution in [0, 0.1) is 6.92 Å². The average molecular weight is 310 g/mol. The number of rotatable bonds is 4. The van der Waals surface area contributed by atoms with Crippen molar-refractivity contribution in [1.29, 1.82) is 0 Å². The molecule has 1 rings (SSSR count). The van der Waals surface area contributed by atoms with E-state index < -0.39 is 12.6 Å². The minimum Gasteiger partial charge on any atom is -0.313 e. The predicted octanol–water partition coefficient (Wildman–Crippen LogP) is 4.36. The molecule has 1 aromatic rings. The van der Waals surface area contributed by atoms with E-state index in [2.05, 4.69) is 21.2 Å². The van der Waals surface area contributed by atoms with Crippen LogP contribution in [0.3, 0.4) is 0 Å². The Bertz CT molecular complexity index is 356. The maximum atomic E-state index is 12.2. The van der Waals surface area contributed by atoms with Gasteiger partial charge in [-0.25, -0.2) is 0 Å². The lowest BCUT2D eigenvalue weighted by Gasteiger charge is -2.18. The van der Waals surface area contributed by atoms with Crippen LogP contribution in [-0.4, -0.2) is 13.2 Å². The molecule has 0 spiro atoms. The second-order valence-electron chi connectivity index (χ2n) is 4.06. The van der Waals surface area contributed by atoms with E-state index >= 15 is 0 Å². The van der Waals surface area contributed by atoms with Crippen molar-refractivity contribution >= 4 is 15.9 Å². The van der Waals surface area contributed by atoms with Gasteiger partial charge in [0.15, 0.2) is 0 Å². The Morgan fingerprint density at radius 3 is 2.41 bits per heavy atom. The van der Waals surface area contributed by atoms with Crippen molar-refractivity contribution in [3.8, 4) is 0 Å². The fourth-order valence-corrected chi connectivity index (χ4v) is 2.38. The van der Waals surface area contributed by atoms with Gasteiger partial charge in [-0.05, 0) is 43.7 Å². The maximum Gasteiger partial charge on any atom is 0.389 e. The number of hydrogen-bond acceptors (Lipinski definition) is 1. The molecule has 0 aliphatic carbocycles. The third-order valence-electron chi connectivity index (χ3n) is 2.53. The van der Waals surface area contributed by atoms with Crippen LogP contribution in [0.4, 0.5) is 13.2 Å². The number of hydrogen-bond donors (Lipinski definition) is 1. The van der Waals surface area contributed by atoms with Crippen molar-refractivity contribution < 1.29 is 13.2 Å². The van der Waals surface area contributed by atoms with Crippen molar-refractivity contribution in [1.82, 2.24) is 5.32 Å². The standard InChI is InChI=1S/C12H15BrF3N/c1-8-5-9(7-10(13)6-8)11(17-2)3-4-12(14,15)16/h5-7,11,17H,3-4H2,1-2H3. The van der Waals surface area contributed by atoms with Gasteiger partial charge in [0.2, 0.25) is 0 Å². The highest BCUT2D eigenvalue weighted by atomic mass is 79.9. The van der Waals surface area contributed by atoms with E-state index in [0.717, 1.165) is 15.6 Å². The first-order valence-corrected chi connectivity index (χ1v) is 6.12. The Balaban J connectivity index is 2.79. The lowest BCUT2D eigenvalue weighted by Crippen LogP contribution is -2.19. The summed E-state index contributed by atoms with van der Waals surface area (Å²) in [5, 5.41) is 2.92. The second kappa shape index (κ2) is 5.87. The van der Waals surface area contributed by atoms with E-state index in [1.54, 1.807) is 7.05 Å².